The Hall–Kier alpha value is -2.32. The number of phosphoric ester groups is 1. The average Bonchev–Trinajstić information content (AvgIpc) is 3.16. The zero-order valence-corrected chi connectivity index (χ0v) is 37.9. The molecule has 0 aromatic heterocycles. The molecule has 0 radical (unpaired) electrons. The van der Waals surface area contributed by atoms with Gasteiger partial charge in [0.2, 0.25) is 0 Å². The van der Waals surface area contributed by atoms with Crippen LogP contribution in [-0.4, -0.2) is 75.6 Å². The molecule has 0 amide bonds. The second kappa shape index (κ2) is 40.5. The largest absolute Gasteiger partial charge is 0.472 e. The van der Waals surface area contributed by atoms with E-state index in [9.17, 15) is 14.3 Å². The lowest BCUT2D eigenvalue weighted by molar-refractivity contribution is -0.870. The first-order chi connectivity index (χ1) is 27.6. The Morgan fingerprint density at radius 1 is 0.544 bits per heavy atom. The summed E-state index contributed by atoms with van der Waals surface area (Å²) in [7, 11) is 1.63. The van der Waals surface area contributed by atoms with E-state index in [0.29, 0.717) is 24.1 Å². The van der Waals surface area contributed by atoms with Gasteiger partial charge in [-0.15, -0.1) is 0 Å². The van der Waals surface area contributed by atoms with Crippen LogP contribution in [0.5, 0.6) is 0 Å². The van der Waals surface area contributed by atoms with Gasteiger partial charge in [-0.3, -0.25) is 13.8 Å². The lowest BCUT2D eigenvalue weighted by Gasteiger charge is -2.24. The predicted octanol–water partition coefficient (Wildman–Crippen LogP) is 13.3. The minimum absolute atomic E-state index is 0.0778. The van der Waals surface area contributed by atoms with Crippen molar-refractivity contribution < 1.29 is 37.3 Å². The SMILES string of the molecule is CC/C=C\C/C=C\C/C=C\C/C=C\CCCCCCCCC(=O)OC(COCCCCCCCC/C=C\C/C=C\C/C=C\CC)COP(=O)(O)OCC[N+](C)(C)C. The first-order valence-corrected chi connectivity index (χ1v) is 23.8. The van der Waals surface area contributed by atoms with Gasteiger partial charge in [0.15, 0.2) is 0 Å². The maximum absolute atomic E-state index is 12.7. The number of hydrogen-bond acceptors (Lipinski definition) is 6. The highest BCUT2D eigenvalue weighted by Crippen LogP contribution is 2.43. The number of hydrogen-bond donors (Lipinski definition) is 1. The van der Waals surface area contributed by atoms with E-state index in [0.717, 1.165) is 103 Å². The zero-order valence-electron chi connectivity index (χ0n) is 37.0. The summed E-state index contributed by atoms with van der Waals surface area (Å²) in [4.78, 5) is 22.9. The number of esters is 1. The average molecular weight is 819 g/mol. The van der Waals surface area contributed by atoms with Gasteiger partial charge in [0.25, 0.3) is 0 Å². The summed E-state index contributed by atoms with van der Waals surface area (Å²) in [5, 5.41) is 0. The Kier molecular flexibility index (Phi) is 38.8. The standard InChI is InChI=1S/C48H84NO7P/c1-6-8-10-12-14-16-18-20-22-24-25-26-27-29-31-33-35-37-39-41-48(50)56-47(46-55-57(51,52)54-44-42-49(3,4)5)45-53-43-40-38-36-34-32-30-28-23-21-19-17-15-13-11-9-7-2/h8-11,14-17,20-23,25-26,47H,6-7,12-13,18-19,24,27-46H2,1-5H3/p+1/b10-8-,11-9-,16-14-,17-15-,22-20-,23-21-,26-25-. The normalized spacial score (nSPS) is 14.6. The number of carbonyl (C=O) groups excluding carboxylic acids is 1. The van der Waals surface area contributed by atoms with Crippen LogP contribution < -0.4 is 0 Å². The van der Waals surface area contributed by atoms with Gasteiger partial charge >= 0.3 is 13.8 Å². The van der Waals surface area contributed by atoms with Crippen LogP contribution in [0.3, 0.4) is 0 Å². The lowest BCUT2D eigenvalue weighted by Crippen LogP contribution is -2.37. The lowest BCUT2D eigenvalue weighted by atomic mass is 10.1. The number of phosphoric acid groups is 1. The van der Waals surface area contributed by atoms with E-state index in [4.69, 9.17) is 18.5 Å². The molecule has 9 heteroatoms. The molecule has 0 rings (SSSR count). The topological polar surface area (TPSA) is 91.3 Å². The van der Waals surface area contributed by atoms with Gasteiger partial charge < -0.3 is 18.9 Å². The van der Waals surface area contributed by atoms with Crippen LogP contribution in [-0.2, 0) is 27.9 Å². The Morgan fingerprint density at radius 3 is 1.44 bits per heavy atom. The molecule has 0 aromatic carbocycles. The maximum atomic E-state index is 12.7. The third-order valence-electron chi connectivity index (χ3n) is 8.95. The van der Waals surface area contributed by atoms with Gasteiger partial charge in [0.1, 0.15) is 19.3 Å². The van der Waals surface area contributed by atoms with Gasteiger partial charge in [0.05, 0.1) is 34.4 Å². The third-order valence-corrected chi connectivity index (χ3v) is 9.94. The number of rotatable bonds is 40. The summed E-state index contributed by atoms with van der Waals surface area (Å²) in [6, 6.07) is 0. The molecule has 8 nitrogen and oxygen atoms in total. The van der Waals surface area contributed by atoms with Crippen molar-refractivity contribution in [3.63, 3.8) is 0 Å². The molecule has 0 aliphatic carbocycles. The molecule has 1 N–H and O–H groups in total. The van der Waals surface area contributed by atoms with E-state index in [1.165, 1.54) is 32.1 Å². The van der Waals surface area contributed by atoms with E-state index in [1.54, 1.807) is 0 Å². The monoisotopic (exact) mass is 819 g/mol. The van der Waals surface area contributed by atoms with Crippen molar-refractivity contribution in [2.75, 3.05) is 54.1 Å². The minimum atomic E-state index is -4.29. The Morgan fingerprint density at radius 2 is 0.965 bits per heavy atom. The Labute approximate surface area is 350 Å². The van der Waals surface area contributed by atoms with Crippen LogP contribution >= 0.6 is 7.82 Å². The van der Waals surface area contributed by atoms with Crippen molar-refractivity contribution in [1.29, 1.82) is 0 Å². The van der Waals surface area contributed by atoms with Crippen LogP contribution in [0.2, 0.25) is 0 Å². The molecule has 0 fully saturated rings. The molecule has 2 unspecified atom stereocenters. The second-order valence-electron chi connectivity index (χ2n) is 15.7. The fraction of sp³-hybridized carbons (Fsp3) is 0.688. The molecule has 0 spiro atoms. The van der Waals surface area contributed by atoms with E-state index in [2.05, 4.69) is 98.9 Å². The van der Waals surface area contributed by atoms with Gasteiger partial charge in [-0.1, -0.05) is 150 Å². The summed E-state index contributed by atoms with van der Waals surface area (Å²) in [6.07, 6.45) is 53.3. The second-order valence-corrected chi connectivity index (χ2v) is 17.1. The summed E-state index contributed by atoms with van der Waals surface area (Å²) >= 11 is 0. The summed E-state index contributed by atoms with van der Waals surface area (Å²) in [6.45, 7) is 5.32. The van der Waals surface area contributed by atoms with E-state index >= 15 is 0 Å². The van der Waals surface area contributed by atoms with Gasteiger partial charge in [-0.2, -0.15) is 0 Å². The highest BCUT2D eigenvalue weighted by molar-refractivity contribution is 7.47. The number of unbranched alkanes of at least 4 members (excludes halogenated alkanes) is 12. The van der Waals surface area contributed by atoms with Crippen molar-refractivity contribution in [2.45, 2.75) is 161 Å². The fourth-order valence-corrected chi connectivity index (χ4v) is 6.30. The van der Waals surface area contributed by atoms with E-state index in [1.807, 2.05) is 21.1 Å². The smallest absolute Gasteiger partial charge is 0.457 e. The number of allylic oxidation sites excluding steroid dienone is 14. The fourth-order valence-electron chi connectivity index (χ4n) is 5.56. The molecular weight excluding hydrogens is 734 g/mol. The predicted molar refractivity (Wildman–Crippen MR) is 242 cm³/mol. The van der Waals surface area contributed by atoms with Crippen LogP contribution in [0.15, 0.2) is 85.1 Å². The number of ether oxygens (including phenoxy) is 2. The van der Waals surface area contributed by atoms with Crippen LogP contribution in [0.1, 0.15) is 155 Å². The molecule has 0 saturated heterocycles. The number of nitrogens with zero attached hydrogens (tertiary/aromatic N) is 1. The molecule has 2 atom stereocenters. The van der Waals surface area contributed by atoms with Crippen LogP contribution in [0.25, 0.3) is 0 Å². The van der Waals surface area contributed by atoms with Crippen molar-refractivity contribution >= 4 is 13.8 Å². The molecule has 0 bridgehead atoms. The molecule has 0 aliphatic rings. The highest BCUT2D eigenvalue weighted by Gasteiger charge is 2.26. The van der Waals surface area contributed by atoms with Crippen molar-refractivity contribution in [3.05, 3.63) is 85.1 Å². The van der Waals surface area contributed by atoms with Crippen molar-refractivity contribution in [2.24, 2.45) is 0 Å². The zero-order chi connectivity index (χ0) is 42.0. The molecule has 328 valence electrons. The first kappa shape index (κ1) is 54.7. The van der Waals surface area contributed by atoms with Gasteiger partial charge in [-0.05, 0) is 83.5 Å². The van der Waals surface area contributed by atoms with Crippen LogP contribution in [0.4, 0.5) is 0 Å². The third kappa shape index (κ3) is 44.6. The number of carbonyl (C=O) groups is 1. The van der Waals surface area contributed by atoms with E-state index in [-0.39, 0.29) is 25.8 Å². The summed E-state index contributed by atoms with van der Waals surface area (Å²) < 4.78 is 35.0. The summed E-state index contributed by atoms with van der Waals surface area (Å²) in [5.41, 5.74) is 0. The number of likely N-dealkylation sites (N-methyl/N-ethyl adjacent to an activating group) is 1. The Bertz CT molecular complexity index is 1180. The van der Waals surface area contributed by atoms with Crippen molar-refractivity contribution in [3.8, 4) is 0 Å². The van der Waals surface area contributed by atoms with Crippen LogP contribution in [0, 0.1) is 0 Å². The molecule has 0 heterocycles. The van der Waals surface area contributed by atoms with Gasteiger partial charge in [-0.25, -0.2) is 4.57 Å². The molecule has 0 aliphatic heterocycles. The van der Waals surface area contributed by atoms with Gasteiger partial charge in [0, 0.05) is 13.0 Å². The van der Waals surface area contributed by atoms with E-state index < -0.39 is 13.9 Å². The number of quaternary nitrogens is 1. The molecule has 0 aromatic rings. The minimum Gasteiger partial charge on any atom is -0.457 e. The maximum Gasteiger partial charge on any atom is 0.472 e. The quantitative estimate of drug-likeness (QED) is 0.0216. The molecule has 57 heavy (non-hydrogen) atoms. The molecular formula is C48H85NO7P+. The highest BCUT2D eigenvalue weighted by atomic mass is 31.2. The molecule has 0 saturated carbocycles. The van der Waals surface area contributed by atoms with Crippen molar-refractivity contribution in [1.82, 2.24) is 0 Å². The Balaban J connectivity index is 4.30. The first-order valence-electron chi connectivity index (χ1n) is 22.3. The summed E-state index contributed by atoms with van der Waals surface area (Å²) in [5.74, 6) is -0.337.